The molecule has 0 aromatic heterocycles. The fraction of sp³-hybridized carbons (Fsp3) is 0.364. The molecule has 0 radical (unpaired) electrons. The van der Waals surface area contributed by atoms with Crippen LogP contribution in [0, 0.1) is 24.0 Å². The van der Waals surface area contributed by atoms with Crippen molar-refractivity contribution in [2.24, 2.45) is 0 Å². The number of hydrogen-bond acceptors (Lipinski definition) is 5. The number of nitrogens with zero attached hydrogens (tertiary/aromatic N) is 3. The van der Waals surface area contributed by atoms with Gasteiger partial charge in [0.15, 0.2) is 6.04 Å². The number of imide groups is 1. The maximum absolute atomic E-state index is 13.1. The Morgan fingerprint density at radius 2 is 1.70 bits per heavy atom. The number of hydrogen-bond donors (Lipinski definition) is 1. The number of carbonyl (C=O) groups excluding carboxylic acids is 2. The van der Waals surface area contributed by atoms with E-state index in [0.717, 1.165) is 47.9 Å². The number of benzene rings is 2. The van der Waals surface area contributed by atoms with Crippen LogP contribution in [0.2, 0.25) is 0 Å². The van der Waals surface area contributed by atoms with Crippen molar-refractivity contribution in [3.63, 3.8) is 0 Å². The van der Waals surface area contributed by atoms with E-state index in [1.165, 1.54) is 17.0 Å². The van der Waals surface area contributed by atoms with Gasteiger partial charge in [0, 0.05) is 17.8 Å². The second kappa shape index (κ2) is 7.87. The Bertz CT molecular complexity index is 997. The molecule has 30 heavy (non-hydrogen) atoms. The molecule has 2 aliphatic rings. The van der Waals surface area contributed by atoms with Crippen LogP contribution in [0.25, 0.3) is 0 Å². The van der Waals surface area contributed by atoms with E-state index in [0.29, 0.717) is 5.69 Å². The fourth-order valence-corrected chi connectivity index (χ4v) is 4.45. The van der Waals surface area contributed by atoms with Crippen molar-refractivity contribution in [3.05, 3.63) is 63.7 Å². The van der Waals surface area contributed by atoms with Gasteiger partial charge in [-0.15, -0.1) is 0 Å². The Morgan fingerprint density at radius 1 is 1.03 bits per heavy atom. The molecular weight excluding hydrogens is 384 g/mol. The van der Waals surface area contributed by atoms with Gasteiger partial charge in [-0.05, 0) is 37.6 Å². The Hall–Kier alpha value is -3.26. The number of carbonyl (C=O) groups is 2. The van der Waals surface area contributed by atoms with Crippen LogP contribution in [0.3, 0.4) is 0 Å². The number of nitro groups is 1. The molecule has 2 saturated heterocycles. The van der Waals surface area contributed by atoms with E-state index in [2.05, 4.69) is 4.90 Å². The van der Waals surface area contributed by atoms with Crippen LogP contribution in [0.15, 0.2) is 42.5 Å². The summed E-state index contributed by atoms with van der Waals surface area (Å²) in [5.41, 5.74) is 3.71. The van der Waals surface area contributed by atoms with Crippen LogP contribution in [-0.2, 0) is 9.59 Å². The minimum atomic E-state index is -0.407. The van der Waals surface area contributed by atoms with Gasteiger partial charge in [0.25, 0.3) is 11.6 Å². The SMILES string of the molecule is Cc1ccc(N2C(=O)C[C@H]([NH+]3CCN(c4ccc([N+](=O)[O-])cc4)CC3)C2=O)c(C)c1. The molecule has 8 heteroatoms. The van der Waals surface area contributed by atoms with Gasteiger partial charge < -0.3 is 9.80 Å². The van der Waals surface area contributed by atoms with E-state index in [1.54, 1.807) is 12.1 Å². The van der Waals surface area contributed by atoms with Gasteiger partial charge in [0.1, 0.15) is 0 Å². The van der Waals surface area contributed by atoms with Crippen molar-refractivity contribution in [1.82, 2.24) is 0 Å². The molecule has 8 nitrogen and oxygen atoms in total. The first-order chi connectivity index (χ1) is 14.3. The maximum Gasteiger partial charge on any atom is 0.292 e. The average Bonchev–Trinajstić information content (AvgIpc) is 3.02. The third-order valence-electron chi connectivity index (χ3n) is 6.06. The highest BCUT2D eigenvalue weighted by molar-refractivity contribution is 6.22. The van der Waals surface area contributed by atoms with Gasteiger partial charge in [0.2, 0.25) is 5.91 Å². The van der Waals surface area contributed by atoms with E-state index >= 15 is 0 Å². The first-order valence-electron chi connectivity index (χ1n) is 10.1. The number of amides is 2. The van der Waals surface area contributed by atoms with Crippen LogP contribution in [0.5, 0.6) is 0 Å². The Labute approximate surface area is 174 Å². The number of nitrogens with one attached hydrogen (secondary N) is 1. The summed E-state index contributed by atoms with van der Waals surface area (Å²) in [4.78, 5) is 40.9. The molecule has 156 valence electrons. The third kappa shape index (κ3) is 3.66. The first kappa shape index (κ1) is 20.0. The van der Waals surface area contributed by atoms with E-state index < -0.39 is 4.92 Å². The summed E-state index contributed by atoms with van der Waals surface area (Å²) in [6.07, 6.45) is 0.235. The predicted octanol–water partition coefficient (Wildman–Crippen LogP) is 1.25. The number of non-ortho nitro benzene ring substituents is 1. The topological polar surface area (TPSA) is 88.2 Å². The number of anilines is 2. The van der Waals surface area contributed by atoms with Crippen molar-refractivity contribution in [2.45, 2.75) is 26.3 Å². The fourth-order valence-electron chi connectivity index (χ4n) is 4.45. The van der Waals surface area contributed by atoms with Gasteiger partial charge >= 0.3 is 0 Å². The molecule has 2 heterocycles. The first-order valence-corrected chi connectivity index (χ1v) is 10.1. The van der Waals surface area contributed by atoms with Crippen molar-refractivity contribution < 1.29 is 19.4 Å². The lowest BCUT2D eigenvalue weighted by Gasteiger charge is -2.35. The molecule has 0 unspecified atom stereocenters. The molecule has 2 fully saturated rings. The van der Waals surface area contributed by atoms with Crippen molar-refractivity contribution in [3.8, 4) is 0 Å². The molecule has 0 bridgehead atoms. The van der Waals surface area contributed by atoms with E-state index in [-0.39, 0.29) is 30.0 Å². The maximum atomic E-state index is 13.1. The smallest absolute Gasteiger partial charge is 0.292 e. The molecule has 2 amide bonds. The lowest BCUT2D eigenvalue weighted by Crippen LogP contribution is -3.19. The zero-order chi connectivity index (χ0) is 21.4. The number of nitro benzene ring substituents is 1. The number of aryl methyl sites for hydroxylation is 2. The predicted molar refractivity (Wildman–Crippen MR) is 113 cm³/mol. The molecule has 0 saturated carbocycles. The van der Waals surface area contributed by atoms with E-state index in [9.17, 15) is 19.7 Å². The largest absolute Gasteiger partial charge is 0.360 e. The Balaban J connectivity index is 1.43. The zero-order valence-electron chi connectivity index (χ0n) is 17.1. The van der Waals surface area contributed by atoms with E-state index in [1.807, 2.05) is 32.0 Å². The molecule has 1 N–H and O–H groups in total. The van der Waals surface area contributed by atoms with Gasteiger partial charge in [-0.2, -0.15) is 0 Å². The minimum Gasteiger partial charge on any atom is -0.360 e. The molecule has 0 aliphatic carbocycles. The summed E-state index contributed by atoms with van der Waals surface area (Å²) in [5.74, 6) is -0.256. The van der Waals surface area contributed by atoms with Crippen molar-refractivity contribution >= 4 is 28.9 Å². The molecule has 1 atom stereocenters. The zero-order valence-corrected chi connectivity index (χ0v) is 17.1. The summed E-state index contributed by atoms with van der Waals surface area (Å²) >= 11 is 0. The number of rotatable bonds is 4. The van der Waals surface area contributed by atoms with Gasteiger partial charge in [-0.25, -0.2) is 4.90 Å². The van der Waals surface area contributed by atoms with Crippen LogP contribution >= 0.6 is 0 Å². The van der Waals surface area contributed by atoms with Gasteiger partial charge in [-0.1, -0.05) is 17.7 Å². The van der Waals surface area contributed by atoms with Gasteiger partial charge in [0.05, 0.1) is 43.2 Å². The summed E-state index contributed by atoms with van der Waals surface area (Å²) < 4.78 is 0. The Kier molecular flexibility index (Phi) is 5.26. The van der Waals surface area contributed by atoms with Crippen LogP contribution in [-0.4, -0.2) is 49.0 Å². The molecule has 4 rings (SSSR count). The second-order valence-corrected chi connectivity index (χ2v) is 8.03. The molecule has 2 aromatic rings. The van der Waals surface area contributed by atoms with Gasteiger partial charge in [-0.3, -0.25) is 19.7 Å². The summed E-state index contributed by atoms with van der Waals surface area (Å²) in [6, 6.07) is 11.9. The third-order valence-corrected chi connectivity index (χ3v) is 6.06. The van der Waals surface area contributed by atoms with Crippen molar-refractivity contribution in [1.29, 1.82) is 0 Å². The molecule has 2 aliphatic heterocycles. The van der Waals surface area contributed by atoms with Crippen LogP contribution in [0.1, 0.15) is 17.5 Å². The summed E-state index contributed by atoms with van der Waals surface area (Å²) in [6.45, 7) is 6.85. The van der Waals surface area contributed by atoms with E-state index in [4.69, 9.17) is 0 Å². The average molecular weight is 409 g/mol. The normalized spacial score (nSPS) is 20.1. The standard InChI is InChI=1S/C22H24N4O4/c1-15-3-8-19(16(2)13-15)25-21(27)14-20(22(25)28)24-11-9-23(10-12-24)17-4-6-18(7-5-17)26(29)30/h3-8,13,20H,9-12,14H2,1-2H3/p+1/t20-/m0/s1. The number of piperazine rings is 1. The van der Waals surface area contributed by atoms with Crippen LogP contribution < -0.4 is 14.7 Å². The minimum absolute atomic E-state index is 0.0737. The lowest BCUT2D eigenvalue weighted by atomic mass is 10.1. The second-order valence-electron chi connectivity index (χ2n) is 8.03. The summed E-state index contributed by atoms with van der Waals surface area (Å²) in [7, 11) is 0. The summed E-state index contributed by atoms with van der Waals surface area (Å²) in [5, 5.41) is 10.8. The van der Waals surface area contributed by atoms with Crippen molar-refractivity contribution in [2.75, 3.05) is 36.0 Å². The molecular formula is C22H25N4O4+. The molecule has 2 aromatic carbocycles. The quantitative estimate of drug-likeness (QED) is 0.467. The lowest BCUT2D eigenvalue weighted by molar-refractivity contribution is -0.915. The highest BCUT2D eigenvalue weighted by Gasteiger charge is 2.46. The monoisotopic (exact) mass is 409 g/mol. The van der Waals surface area contributed by atoms with Crippen LogP contribution in [0.4, 0.5) is 17.1 Å². The number of quaternary nitrogens is 1. The molecule has 0 spiro atoms. The highest BCUT2D eigenvalue weighted by atomic mass is 16.6. The Morgan fingerprint density at radius 3 is 2.30 bits per heavy atom. The highest BCUT2D eigenvalue weighted by Crippen LogP contribution is 2.26.